The summed E-state index contributed by atoms with van der Waals surface area (Å²) in [6.07, 6.45) is 3.75. The Bertz CT molecular complexity index is 549. The highest BCUT2D eigenvalue weighted by Crippen LogP contribution is 2.27. The highest BCUT2D eigenvalue weighted by atomic mass is 79.9. The fourth-order valence-corrected chi connectivity index (χ4v) is 2.31. The maximum absolute atomic E-state index is 5.84. The van der Waals surface area contributed by atoms with Gasteiger partial charge in [0.1, 0.15) is 5.75 Å². The lowest BCUT2D eigenvalue weighted by atomic mass is 10.0. The molecule has 2 aromatic carbocycles. The molecular formula is C18H19BrO. The van der Waals surface area contributed by atoms with E-state index in [1.54, 1.807) is 0 Å². The Labute approximate surface area is 129 Å². The van der Waals surface area contributed by atoms with Crippen molar-refractivity contribution in [1.82, 2.24) is 0 Å². The molecule has 0 aromatic heterocycles. The fraction of sp³-hybridized carbons (Fsp3) is 0.222. The van der Waals surface area contributed by atoms with Crippen molar-refractivity contribution in [1.29, 1.82) is 0 Å². The van der Waals surface area contributed by atoms with Crippen molar-refractivity contribution in [3.05, 3.63) is 66.7 Å². The molecule has 0 aliphatic carbocycles. The minimum Gasteiger partial charge on any atom is -0.493 e. The van der Waals surface area contributed by atoms with Crippen LogP contribution in [0.2, 0.25) is 0 Å². The summed E-state index contributed by atoms with van der Waals surface area (Å²) in [5, 5.41) is 0.964. The summed E-state index contributed by atoms with van der Waals surface area (Å²) in [6, 6.07) is 16.8. The third kappa shape index (κ3) is 3.97. The second-order valence-electron chi connectivity index (χ2n) is 4.57. The summed E-state index contributed by atoms with van der Waals surface area (Å²) in [6.45, 7) is 4.57. The van der Waals surface area contributed by atoms with E-state index in [1.165, 1.54) is 16.7 Å². The summed E-state index contributed by atoms with van der Waals surface area (Å²) in [5.41, 5.74) is 3.64. The van der Waals surface area contributed by atoms with E-state index >= 15 is 0 Å². The molecular weight excluding hydrogens is 312 g/mol. The molecule has 0 amide bonds. The molecule has 104 valence electrons. The second-order valence-corrected chi connectivity index (χ2v) is 5.37. The van der Waals surface area contributed by atoms with E-state index in [-0.39, 0.29) is 0 Å². The smallest absolute Gasteiger partial charge is 0.122 e. The number of hydrogen-bond donors (Lipinski definition) is 0. The minimum absolute atomic E-state index is 0.736. The average molecular weight is 331 g/mol. The Morgan fingerprint density at radius 3 is 2.55 bits per heavy atom. The van der Waals surface area contributed by atoms with Gasteiger partial charge in [-0.1, -0.05) is 58.4 Å². The summed E-state index contributed by atoms with van der Waals surface area (Å²) in [5.74, 6) is 0.963. The standard InChI is InChI=1S/C18H19BrO/c1-2-7-17-14-16(15-8-4-3-5-9-15)10-11-18(17)20-13-6-12-19/h2-5,8-11,14H,1,6-7,12-13H2. The predicted octanol–water partition coefficient (Wildman–Crippen LogP) is 5.25. The van der Waals surface area contributed by atoms with Crippen LogP contribution in [0.1, 0.15) is 12.0 Å². The minimum atomic E-state index is 0.736. The molecule has 20 heavy (non-hydrogen) atoms. The van der Waals surface area contributed by atoms with Crippen molar-refractivity contribution >= 4 is 15.9 Å². The van der Waals surface area contributed by atoms with Crippen molar-refractivity contribution < 1.29 is 4.74 Å². The van der Waals surface area contributed by atoms with Gasteiger partial charge >= 0.3 is 0 Å². The van der Waals surface area contributed by atoms with Crippen LogP contribution >= 0.6 is 15.9 Å². The highest BCUT2D eigenvalue weighted by molar-refractivity contribution is 9.09. The summed E-state index contributed by atoms with van der Waals surface area (Å²) in [7, 11) is 0. The van der Waals surface area contributed by atoms with Crippen LogP contribution in [0, 0.1) is 0 Å². The van der Waals surface area contributed by atoms with Gasteiger partial charge in [-0.05, 0) is 41.7 Å². The van der Waals surface area contributed by atoms with Gasteiger partial charge in [0.05, 0.1) is 6.61 Å². The van der Waals surface area contributed by atoms with Gasteiger partial charge in [0, 0.05) is 5.33 Å². The first-order chi connectivity index (χ1) is 9.85. The molecule has 1 nitrogen and oxygen atoms in total. The number of allylic oxidation sites excluding steroid dienone is 1. The van der Waals surface area contributed by atoms with Gasteiger partial charge in [-0.2, -0.15) is 0 Å². The van der Waals surface area contributed by atoms with E-state index < -0.39 is 0 Å². The highest BCUT2D eigenvalue weighted by Gasteiger charge is 2.05. The Balaban J connectivity index is 2.25. The molecule has 0 atom stereocenters. The topological polar surface area (TPSA) is 9.23 Å². The largest absolute Gasteiger partial charge is 0.493 e. The average Bonchev–Trinajstić information content (AvgIpc) is 2.50. The molecule has 0 saturated carbocycles. The maximum Gasteiger partial charge on any atom is 0.122 e. The molecule has 0 spiro atoms. The predicted molar refractivity (Wildman–Crippen MR) is 89.7 cm³/mol. The number of halogens is 1. The Kier molecular flexibility index (Phi) is 5.87. The van der Waals surface area contributed by atoms with Gasteiger partial charge in [0.2, 0.25) is 0 Å². The molecule has 0 fully saturated rings. The van der Waals surface area contributed by atoms with Crippen molar-refractivity contribution in [2.75, 3.05) is 11.9 Å². The van der Waals surface area contributed by atoms with Gasteiger partial charge < -0.3 is 4.74 Å². The van der Waals surface area contributed by atoms with Gasteiger partial charge in [-0.15, -0.1) is 6.58 Å². The number of benzene rings is 2. The van der Waals surface area contributed by atoms with Gasteiger partial charge in [-0.25, -0.2) is 0 Å². The number of hydrogen-bond acceptors (Lipinski definition) is 1. The molecule has 0 radical (unpaired) electrons. The number of ether oxygens (including phenoxy) is 1. The van der Waals surface area contributed by atoms with E-state index in [4.69, 9.17) is 4.74 Å². The van der Waals surface area contributed by atoms with Crippen LogP contribution in [0.4, 0.5) is 0 Å². The Morgan fingerprint density at radius 2 is 1.85 bits per heavy atom. The lowest BCUT2D eigenvalue weighted by Crippen LogP contribution is -2.00. The molecule has 0 aliphatic heterocycles. The first-order valence-electron chi connectivity index (χ1n) is 6.83. The van der Waals surface area contributed by atoms with E-state index in [2.05, 4.69) is 65.0 Å². The summed E-state index contributed by atoms with van der Waals surface area (Å²) < 4.78 is 5.84. The number of alkyl halides is 1. The van der Waals surface area contributed by atoms with E-state index in [1.807, 2.05) is 12.1 Å². The van der Waals surface area contributed by atoms with E-state index in [0.29, 0.717) is 0 Å². The van der Waals surface area contributed by atoms with Crippen molar-refractivity contribution in [3.63, 3.8) is 0 Å². The van der Waals surface area contributed by atoms with Crippen LogP contribution < -0.4 is 4.74 Å². The van der Waals surface area contributed by atoms with Gasteiger partial charge in [0.15, 0.2) is 0 Å². The first-order valence-corrected chi connectivity index (χ1v) is 7.95. The van der Waals surface area contributed by atoms with Gasteiger partial charge in [-0.3, -0.25) is 0 Å². The molecule has 0 aliphatic rings. The Hall–Kier alpha value is -1.54. The zero-order valence-electron chi connectivity index (χ0n) is 11.5. The second kappa shape index (κ2) is 7.91. The molecule has 2 heteroatoms. The molecule has 0 unspecified atom stereocenters. The van der Waals surface area contributed by atoms with Crippen LogP contribution in [0.3, 0.4) is 0 Å². The lowest BCUT2D eigenvalue weighted by molar-refractivity contribution is 0.316. The van der Waals surface area contributed by atoms with Crippen molar-refractivity contribution in [3.8, 4) is 16.9 Å². The van der Waals surface area contributed by atoms with Crippen LogP contribution in [0.5, 0.6) is 5.75 Å². The third-order valence-electron chi connectivity index (χ3n) is 3.07. The van der Waals surface area contributed by atoms with Crippen molar-refractivity contribution in [2.24, 2.45) is 0 Å². The Morgan fingerprint density at radius 1 is 1.05 bits per heavy atom. The number of rotatable bonds is 7. The monoisotopic (exact) mass is 330 g/mol. The molecule has 2 rings (SSSR count). The fourth-order valence-electron chi connectivity index (χ4n) is 2.08. The van der Waals surface area contributed by atoms with Crippen molar-refractivity contribution in [2.45, 2.75) is 12.8 Å². The summed E-state index contributed by atoms with van der Waals surface area (Å²) in [4.78, 5) is 0. The molecule has 0 N–H and O–H groups in total. The normalized spacial score (nSPS) is 10.2. The maximum atomic E-state index is 5.84. The zero-order chi connectivity index (χ0) is 14.2. The first kappa shape index (κ1) is 14.9. The van der Waals surface area contributed by atoms with Crippen LogP contribution in [-0.2, 0) is 6.42 Å². The van der Waals surface area contributed by atoms with Crippen LogP contribution in [-0.4, -0.2) is 11.9 Å². The molecule has 0 saturated heterocycles. The van der Waals surface area contributed by atoms with Crippen LogP contribution in [0.15, 0.2) is 61.2 Å². The van der Waals surface area contributed by atoms with Crippen LogP contribution in [0.25, 0.3) is 11.1 Å². The molecule has 2 aromatic rings. The SMILES string of the molecule is C=CCc1cc(-c2ccccc2)ccc1OCCCBr. The third-order valence-corrected chi connectivity index (χ3v) is 3.63. The zero-order valence-corrected chi connectivity index (χ0v) is 13.1. The van der Waals surface area contributed by atoms with E-state index in [0.717, 1.165) is 30.5 Å². The van der Waals surface area contributed by atoms with Gasteiger partial charge in [0.25, 0.3) is 0 Å². The molecule has 0 heterocycles. The van der Waals surface area contributed by atoms with E-state index in [9.17, 15) is 0 Å². The quantitative estimate of drug-likeness (QED) is 0.383. The summed E-state index contributed by atoms with van der Waals surface area (Å²) >= 11 is 3.42. The molecule has 0 bridgehead atoms. The lowest BCUT2D eigenvalue weighted by Gasteiger charge is -2.12.